The number of amides is 1. The van der Waals surface area contributed by atoms with Gasteiger partial charge in [0.25, 0.3) is 0 Å². The highest BCUT2D eigenvalue weighted by Crippen LogP contribution is 2.18. The monoisotopic (exact) mass is 311 g/mol. The molecular weight excluding hydrogens is 294 g/mol. The zero-order valence-corrected chi connectivity index (χ0v) is 12.1. The van der Waals surface area contributed by atoms with Crippen LogP contribution in [0.2, 0.25) is 0 Å². The van der Waals surface area contributed by atoms with Crippen molar-refractivity contribution in [1.29, 1.82) is 0 Å². The summed E-state index contributed by atoms with van der Waals surface area (Å²) in [6, 6.07) is 5.99. The van der Waals surface area contributed by atoms with Crippen LogP contribution in [-0.4, -0.2) is 35.1 Å². The number of hydrogen-bond donors (Lipinski definition) is 1. The van der Waals surface area contributed by atoms with E-state index in [1.54, 1.807) is 4.90 Å². The summed E-state index contributed by atoms with van der Waals surface area (Å²) in [4.78, 5) is 13.9. The quantitative estimate of drug-likeness (QED) is 0.910. The van der Waals surface area contributed by atoms with Gasteiger partial charge < -0.3 is 10.0 Å². The van der Waals surface area contributed by atoms with E-state index < -0.39 is 0 Å². The molecule has 0 bridgehead atoms. The highest BCUT2D eigenvalue weighted by atomic mass is 79.9. The van der Waals surface area contributed by atoms with Gasteiger partial charge in [-0.05, 0) is 43.0 Å². The lowest BCUT2D eigenvalue weighted by molar-refractivity contribution is -0.133. The van der Waals surface area contributed by atoms with Crippen molar-refractivity contribution >= 4 is 21.8 Å². The van der Waals surface area contributed by atoms with E-state index >= 15 is 0 Å². The van der Waals surface area contributed by atoms with Gasteiger partial charge in [-0.15, -0.1) is 0 Å². The maximum atomic E-state index is 12.2. The fourth-order valence-electron chi connectivity index (χ4n) is 2.29. The van der Waals surface area contributed by atoms with E-state index in [9.17, 15) is 9.90 Å². The van der Waals surface area contributed by atoms with Crippen molar-refractivity contribution in [2.45, 2.75) is 32.3 Å². The van der Waals surface area contributed by atoms with E-state index in [-0.39, 0.29) is 12.0 Å². The van der Waals surface area contributed by atoms with E-state index in [1.165, 1.54) is 0 Å². The normalized spacial score (nSPS) is 19.9. The molecule has 1 aliphatic heterocycles. The lowest BCUT2D eigenvalue weighted by Crippen LogP contribution is -2.42. The first-order chi connectivity index (χ1) is 8.56. The molecule has 0 saturated carbocycles. The van der Waals surface area contributed by atoms with E-state index in [4.69, 9.17) is 0 Å². The summed E-state index contributed by atoms with van der Waals surface area (Å²) in [5.41, 5.74) is 2.18. The van der Waals surface area contributed by atoms with Gasteiger partial charge in [0, 0.05) is 17.6 Å². The van der Waals surface area contributed by atoms with Crippen LogP contribution in [-0.2, 0) is 11.2 Å². The number of nitrogens with zero attached hydrogens (tertiary/aromatic N) is 1. The zero-order valence-electron chi connectivity index (χ0n) is 10.5. The smallest absolute Gasteiger partial charge is 0.227 e. The number of piperidine rings is 1. The van der Waals surface area contributed by atoms with Gasteiger partial charge in [0.1, 0.15) is 0 Å². The molecule has 1 saturated heterocycles. The second-order valence-corrected chi connectivity index (χ2v) is 5.80. The number of carbonyl (C=O) groups is 1. The maximum absolute atomic E-state index is 12.2. The zero-order chi connectivity index (χ0) is 13.1. The second kappa shape index (κ2) is 5.85. The average molecular weight is 312 g/mol. The topological polar surface area (TPSA) is 40.5 Å². The van der Waals surface area contributed by atoms with Gasteiger partial charge in [-0.3, -0.25) is 4.79 Å². The standard InChI is InChI=1S/C14H18BrNO2/c1-10-4-5-12(15)7-11(10)8-14(18)16-6-2-3-13(17)9-16/h4-5,7,13,17H,2-3,6,8-9H2,1H3. The van der Waals surface area contributed by atoms with E-state index in [0.717, 1.165) is 35.0 Å². The largest absolute Gasteiger partial charge is 0.391 e. The summed E-state index contributed by atoms with van der Waals surface area (Å²) in [5, 5.41) is 9.59. The number of rotatable bonds is 2. The Morgan fingerprint density at radius 1 is 1.56 bits per heavy atom. The molecule has 1 amide bonds. The van der Waals surface area contributed by atoms with Crippen LogP contribution in [0.4, 0.5) is 0 Å². The fraction of sp³-hybridized carbons (Fsp3) is 0.500. The molecule has 1 aliphatic rings. The van der Waals surface area contributed by atoms with Crippen LogP contribution in [0.25, 0.3) is 0 Å². The first kappa shape index (κ1) is 13.6. The predicted molar refractivity (Wildman–Crippen MR) is 74.4 cm³/mol. The number of aliphatic hydroxyl groups excluding tert-OH is 1. The van der Waals surface area contributed by atoms with Crippen LogP contribution in [0, 0.1) is 6.92 Å². The number of hydrogen-bond acceptors (Lipinski definition) is 2. The maximum Gasteiger partial charge on any atom is 0.227 e. The second-order valence-electron chi connectivity index (χ2n) is 4.88. The molecular formula is C14H18BrNO2. The number of aliphatic hydroxyl groups is 1. The fourth-order valence-corrected chi connectivity index (χ4v) is 2.69. The van der Waals surface area contributed by atoms with Gasteiger partial charge in [-0.25, -0.2) is 0 Å². The van der Waals surface area contributed by atoms with Crippen molar-refractivity contribution in [2.75, 3.05) is 13.1 Å². The molecule has 98 valence electrons. The molecule has 18 heavy (non-hydrogen) atoms. The Bertz CT molecular complexity index is 447. The van der Waals surface area contributed by atoms with Crippen molar-refractivity contribution in [2.24, 2.45) is 0 Å². The molecule has 1 heterocycles. The number of carbonyl (C=O) groups excluding carboxylic acids is 1. The molecule has 0 aromatic heterocycles. The third-order valence-electron chi connectivity index (χ3n) is 3.40. The van der Waals surface area contributed by atoms with Crippen molar-refractivity contribution in [3.05, 3.63) is 33.8 Å². The van der Waals surface area contributed by atoms with Crippen LogP contribution < -0.4 is 0 Å². The number of likely N-dealkylation sites (tertiary alicyclic amines) is 1. The molecule has 1 aromatic carbocycles. The summed E-state index contributed by atoms with van der Waals surface area (Å²) in [6.45, 7) is 3.26. The molecule has 2 rings (SSSR count). The van der Waals surface area contributed by atoms with Crippen molar-refractivity contribution in [3.8, 4) is 0 Å². The Balaban J connectivity index is 2.04. The molecule has 3 nitrogen and oxygen atoms in total. The molecule has 0 radical (unpaired) electrons. The third kappa shape index (κ3) is 3.33. The van der Waals surface area contributed by atoms with Gasteiger partial charge in [0.05, 0.1) is 12.5 Å². The van der Waals surface area contributed by atoms with E-state index in [0.29, 0.717) is 13.0 Å². The number of aryl methyl sites for hydroxylation is 1. The molecule has 0 spiro atoms. The van der Waals surface area contributed by atoms with Gasteiger partial charge in [-0.1, -0.05) is 22.0 Å². The highest BCUT2D eigenvalue weighted by molar-refractivity contribution is 9.10. The summed E-state index contributed by atoms with van der Waals surface area (Å²) >= 11 is 3.43. The Hall–Kier alpha value is -0.870. The molecule has 0 aliphatic carbocycles. The molecule has 1 fully saturated rings. The van der Waals surface area contributed by atoms with Crippen molar-refractivity contribution in [3.63, 3.8) is 0 Å². The lowest BCUT2D eigenvalue weighted by Gasteiger charge is -2.30. The predicted octanol–water partition coefficient (Wildman–Crippen LogP) is 2.28. The summed E-state index contributed by atoms with van der Waals surface area (Å²) in [5.74, 6) is 0.106. The Kier molecular flexibility index (Phi) is 4.40. The molecule has 4 heteroatoms. The van der Waals surface area contributed by atoms with Gasteiger partial charge in [-0.2, -0.15) is 0 Å². The summed E-state index contributed by atoms with van der Waals surface area (Å²) in [6.07, 6.45) is 1.76. The molecule has 1 atom stereocenters. The average Bonchev–Trinajstić information content (AvgIpc) is 2.34. The van der Waals surface area contributed by atoms with Crippen LogP contribution >= 0.6 is 15.9 Å². The SMILES string of the molecule is Cc1ccc(Br)cc1CC(=O)N1CCCC(O)C1. The highest BCUT2D eigenvalue weighted by Gasteiger charge is 2.22. The Morgan fingerprint density at radius 2 is 2.33 bits per heavy atom. The van der Waals surface area contributed by atoms with Gasteiger partial charge in [0.15, 0.2) is 0 Å². The minimum atomic E-state index is -0.355. The van der Waals surface area contributed by atoms with Crippen molar-refractivity contribution in [1.82, 2.24) is 4.90 Å². The van der Waals surface area contributed by atoms with Crippen molar-refractivity contribution < 1.29 is 9.90 Å². The van der Waals surface area contributed by atoms with Crippen LogP contribution in [0.1, 0.15) is 24.0 Å². The minimum Gasteiger partial charge on any atom is -0.391 e. The number of benzene rings is 1. The first-order valence-corrected chi connectivity index (χ1v) is 7.06. The Morgan fingerprint density at radius 3 is 3.06 bits per heavy atom. The summed E-state index contributed by atoms with van der Waals surface area (Å²) < 4.78 is 0.995. The van der Waals surface area contributed by atoms with E-state index in [1.807, 2.05) is 25.1 Å². The minimum absolute atomic E-state index is 0.106. The first-order valence-electron chi connectivity index (χ1n) is 6.27. The van der Waals surface area contributed by atoms with Gasteiger partial charge >= 0.3 is 0 Å². The number of β-amino-alcohol motifs (C(OH)–C–C–N with tert-alkyl or cyclic N) is 1. The summed E-state index contributed by atoms with van der Waals surface area (Å²) in [7, 11) is 0. The molecule has 1 unspecified atom stereocenters. The van der Waals surface area contributed by atoms with Gasteiger partial charge in [0.2, 0.25) is 5.91 Å². The third-order valence-corrected chi connectivity index (χ3v) is 3.90. The molecule has 1 aromatic rings. The molecule has 1 N–H and O–H groups in total. The van der Waals surface area contributed by atoms with Crippen LogP contribution in [0.15, 0.2) is 22.7 Å². The van der Waals surface area contributed by atoms with E-state index in [2.05, 4.69) is 15.9 Å². The van der Waals surface area contributed by atoms with Crippen LogP contribution in [0.3, 0.4) is 0 Å². The van der Waals surface area contributed by atoms with Crippen LogP contribution in [0.5, 0.6) is 0 Å². The Labute approximate surface area is 116 Å². The number of halogens is 1. The lowest BCUT2D eigenvalue weighted by atomic mass is 10.0.